The Bertz CT molecular complexity index is 172. The van der Waals surface area contributed by atoms with Crippen LogP contribution in [0.1, 0.15) is 6.42 Å². The van der Waals surface area contributed by atoms with Gasteiger partial charge in [-0.05, 0) is 0 Å². The summed E-state index contributed by atoms with van der Waals surface area (Å²) in [4.78, 5) is 12.8. The monoisotopic (exact) mass is 140 g/mol. The molecule has 0 bridgehead atoms. The van der Waals surface area contributed by atoms with Crippen LogP contribution in [-0.4, -0.2) is 31.3 Å². The zero-order valence-corrected chi connectivity index (χ0v) is 6.35. The standard InChI is InChI=1S/C7H12N2O/c1-9(2)5-6-7(10)3-4-8-6/h5,8H,3-4H2,1-2H3. The fourth-order valence-corrected chi connectivity index (χ4v) is 0.920. The molecule has 1 rings (SSSR count). The molecule has 1 N–H and O–H groups in total. The Kier molecular flexibility index (Phi) is 1.94. The van der Waals surface area contributed by atoms with Crippen molar-refractivity contribution in [1.82, 2.24) is 10.2 Å². The van der Waals surface area contributed by atoms with Gasteiger partial charge in [-0.25, -0.2) is 0 Å². The second kappa shape index (κ2) is 2.73. The smallest absolute Gasteiger partial charge is 0.181 e. The van der Waals surface area contributed by atoms with Gasteiger partial charge in [-0.15, -0.1) is 0 Å². The molecule has 0 amide bonds. The topological polar surface area (TPSA) is 32.3 Å². The van der Waals surface area contributed by atoms with Crippen molar-refractivity contribution in [3.8, 4) is 0 Å². The number of nitrogens with zero attached hydrogens (tertiary/aromatic N) is 1. The van der Waals surface area contributed by atoms with Crippen molar-refractivity contribution in [3.63, 3.8) is 0 Å². The van der Waals surface area contributed by atoms with Gasteiger partial charge in [-0.3, -0.25) is 4.79 Å². The summed E-state index contributed by atoms with van der Waals surface area (Å²) in [5, 5.41) is 3.01. The zero-order chi connectivity index (χ0) is 7.56. The van der Waals surface area contributed by atoms with E-state index in [1.165, 1.54) is 0 Å². The van der Waals surface area contributed by atoms with Crippen LogP contribution in [0.15, 0.2) is 11.9 Å². The molecule has 0 aromatic rings. The molecule has 0 saturated carbocycles. The molecule has 1 heterocycles. The van der Waals surface area contributed by atoms with Crippen molar-refractivity contribution < 1.29 is 4.79 Å². The summed E-state index contributed by atoms with van der Waals surface area (Å²) in [6, 6.07) is 0. The lowest BCUT2D eigenvalue weighted by atomic mass is 10.3. The van der Waals surface area contributed by atoms with E-state index < -0.39 is 0 Å². The van der Waals surface area contributed by atoms with Crippen LogP contribution in [-0.2, 0) is 4.79 Å². The Balaban J connectivity index is 2.62. The van der Waals surface area contributed by atoms with Crippen molar-refractivity contribution in [2.24, 2.45) is 0 Å². The molecule has 3 heteroatoms. The molecule has 0 spiro atoms. The lowest BCUT2D eigenvalue weighted by molar-refractivity contribution is -0.114. The van der Waals surface area contributed by atoms with Gasteiger partial charge in [0.1, 0.15) is 0 Å². The molecule has 0 atom stereocenters. The van der Waals surface area contributed by atoms with E-state index in [1.807, 2.05) is 25.2 Å². The van der Waals surface area contributed by atoms with Crippen molar-refractivity contribution in [2.75, 3.05) is 20.6 Å². The van der Waals surface area contributed by atoms with E-state index in [9.17, 15) is 4.79 Å². The van der Waals surface area contributed by atoms with Crippen molar-refractivity contribution >= 4 is 5.78 Å². The molecule has 0 aromatic carbocycles. The van der Waals surface area contributed by atoms with Crippen molar-refractivity contribution in [3.05, 3.63) is 11.9 Å². The van der Waals surface area contributed by atoms with Gasteiger partial charge >= 0.3 is 0 Å². The summed E-state index contributed by atoms with van der Waals surface area (Å²) in [7, 11) is 3.81. The Morgan fingerprint density at radius 3 is 2.70 bits per heavy atom. The summed E-state index contributed by atoms with van der Waals surface area (Å²) in [5.74, 6) is 0.216. The highest BCUT2D eigenvalue weighted by Gasteiger charge is 2.15. The predicted molar refractivity (Wildman–Crippen MR) is 39.4 cm³/mol. The Morgan fingerprint density at radius 2 is 2.30 bits per heavy atom. The lowest BCUT2D eigenvalue weighted by Gasteiger charge is -2.05. The molecule has 1 aliphatic heterocycles. The number of carbonyl (C=O) groups excluding carboxylic acids is 1. The summed E-state index contributed by atoms with van der Waals surface area (Å²) >= 11 is 0. The van der Waals surface area contributed by atoms with E-state index in [4.69, 9.17) is 0 Å². The maximum atomic E-state index is 11.0. The second-order valence-corrected chi connectivity index (χ2v) is 2.61. The zero-order valence-electron chi connectivity index (χ0n) is 6.35. The molecule has 1 saturated heterocycles. The Labute approximate surface area is 60.7 Å². The van der Waals surface area contributed by atoms with Crippen molar-refractivity contribution in [1.29, 1.82) is 0 Å². The quantitative estimate of drug-likeness (QED) is 0.518. The second-order valence-electron chi connectivity index (χ2n) is 2.61. The highest BCUT2D eigenvalue weighted by molar-refractivity contribution is 5.96. The van der Waals surface area contributed by atoms with Gasteiger partial charge in [0.2, 0.25) is 0 Å². The van der Waals surface area contributed by atoms with Crippen LogP contribution in [0.4, 0.5) is 0 Å². The van der Waals surface area contributed by atoms with Gasteiger partial charge in [0.05, 0.1) is 5.70 Å². The van der Waals surface area contributed by atoms with Crippen LogP contribution in [0.2, 0.25) is 0 Å². The first kappa shape index (κ1) is 7.12. The van der Waals surface area contributed by atoms with E-state index in [1.54, 1.807) is 0 Å². The van der Waals surface area contributed by atoms with Gasteiger partial charge < -0.3 is 10.2 Å². The summed E-state index contributed by atoms with van der Waals surface area (Å²) < 4.78 is 0. The van der Waals surface area contributed by atoms with E-state index >= 15 is 0 Å². The van der Waals surface area contributed by atoms with Gasteiger partial charge in [-0.2, -0.15) is 0 Å². The fraction of sp³-hybridized carbons (Fsp3) is 0.571. The van der Waals surface area contributed by atoms with E-state index in [0.29, 0.717) is 6.42 Å². The number of allylic oxidation sites excluding steroid dienone is 1. The minimum Gasteiger partial charge on any atom is -0.382 e. The van der Waals surface area contributed by atoms with Crippen LogP contribution in [0, 0.1) is 0 Å². The van der Waals surface area contributed by atoms with Crippen LogP contribution in [0.25, 0.3) is 0 Å². The predicted octanol–water partition coefficient (Wildman–Crippen LogP) is -0.0482. The lowest BCUT2D eigenvalue weighted by Crippen LogP contribution is -2.12. The molecule has 0 aromatic heterocycles. The Morgan fingerprint density at radius 1 is 1.60 bits per heavy atom. The number of Topliss-reactive ketones (excluding diaryl/α,β-unsaturated/α-hetero) is 1. The van der Waals surface area contributed by atoms with Crippen LogP contribution >= 0.6 is 0 Å². The molecule has 0 unspecified atom stereocenters. The Hall–Kier alpha value is -0.990. The third-order valence-corrected chi connectivity index (χ3v) is 1.36. The van der Waals surface area contributed by atoms with Crippen LogP contribution < -0.4 is 5.32 Å². The number of ketones is 1. The first-order valence-electron chi connectivity index (χ1n) is 3.35. The van der Waals surface area contributed by atoms with Crippen molar-refractivity contribution in [2.45, 2.75) is 6.42 Å². The summed E-state index contributed by atoms with van der Waals surface area (Å²) in [6.07, 6.45) is 2.45. The highest BCUT2D eigenvalue weighted by atomic mass is 16.1. The number of rotatable bonds is 1. The van der Waals surface area contributed by atoms with Crippen LogP contribution in [0.3, 0.4) is 0 Å². The summed E-state index contributed by atoms with van der Waals surface area (Å²) in [5.41, 5.74) is 0.741. The molecule has 1 aliphatic rings. The van der Waals surface area contributed by atoms with Gasteiger partial charge in [-0.1, -0.05) is 0 Å². The van der Waals surface area contributed by atoms with E-state index in [2.05, 4.69) is 5.32 Å². The molecule has 10 heavy (non-hydrogen) atoms. The molecular formula is C7H12N2O. The van der Waals surface area contributed by atoms with Gasteiger partial charge in [0.15, 0.2) is 5.78 Å². The minimum atomic E-state index is 0.216. The minimum absolute atomic E-state index is 0.216. The largest absolute Gasteiger partial charge is 0.382 e. The number of nitrogens with one attached hydrogen (secondary N) is 1. The average Bonchev–Trinajstić information content (AvgIpc) is 2.15. The molecule has 0 aliphatic carbocycles. The van der Waals surface area contributed by atoms with E-state index in [-0.39, 0.29) is 5.78 Å². The third-order valence-electron chi connectivity index (χ3n) is 1.36. The number of carbonyl (C=O) groups is 1. The fourth-order valence-electron chi connectivity index (χ4n) is 0.920. The molecule has 3 nitrogen and oxygen atoms in total. The van der Waals surface area contributed by atoms with Gasteiger partial charge in [0.25, 0.3) is 0 Å². The molecule has 1 fully saturated rings. The van der Waals surface area contributed by atoms with Gasteiger partial charge in [0, 0.05) is 33.3 Å². The average molecular weight is 140 g/mol. The van der Waals surface area contributed by atoms with Crippen LogP contribution in [0.5, 0.6) is 0 Å². The SMILES string of the molecule is CN(C)C=C1NCCC1=O. The first-order chi connectivity index (χ1) is 4.70. The summed E-state index contributed by atoms with van der Waals surface area (Å²) in [6.45, 7) is 0.790. The first-order valence-corrected chi connectivity index (χ1v) is 3.35. The maximum Gasteiger partial charge on any atom is 0.181 e. The van der Waals surface area contributed by atoms with E-state index in [0.717, 1.165) is 12.2 Å². The molecular weight excluding hydrogens is 128 g/mol. The normalized spacial score (nSPS) is 21.4. The highest BCUT2D eigenvalue weighted by Crippen LogP contribution is 2.03. The number of hydrogen-bond acceptors (Lipinski definition) is 3. The molecule has 0 radical (unpaired) electrons. The maximum absolute atomic E-state index is 11.0. The number of hydrogen-bond donors (Lipinski definition) is 1. The molecule has 56 valence electrons. The third kappa shape index (κ3) is 1.50.